The minimum atomic E-state index is 0.151. The molecule has 1 atom stereocenters. The third-order valence-corrected chi connectivity index (χ3v) is 3.54. The molecule has 0 aliphatic carbocycles. The normalized spacial score (nSPS) is 18.9. The maximum atomic E-state index is 11.8. The monoisotopic (exact) mass is 256 g/mol. The number of amides is 1. The SMILES string of the molecule is CC(C)C[C@H](CN)CC(=O)NCC1CCOCC1. The lowest BCUT2D eigenvalue weighted by molar-refractivity contribution is -0.122. The predicted octanol–water partition coefficient (Wildman–Crippen LogP) is 1.54. The predicted molar refractivity (Wildman–Crippen MR) is 73.2 cm³/mol. The summed E-state index contributed by atoms with van der Waals surface area (Å²) in [5, 5.41) is 3.04. The van der Waals surface area contributed by atoms with Crippen molar-refractivity contribution < 1.29 is 9.53 Å². The zero-order valence-electron chi connectivity index (χ0n) is 11.8. The molecule has 0 saturated carbocycles. The van der Waals surface area contributed by atoms with E-state index in [9.17, 15) is 4.79 Å². The van der Waals surface area contributed by atoms with Crippen molar-refractivity contribution in [3.63, 3.8) is 0 Å². The lowest BCUT2D eigenvalue weighted by atomic mass is 9.94. The Morgan fingerprint density at radius 2 is 2.06 bits per heavy atom. The zero-order valence-corrected chi connectivity index (χ0v) is 11.8. The van der Waals surface area contributed by atoms with Gasteiger partial charge in [-0.3, -0.25) is 4.79 Å². The van der Waals surface area contributed by atoms with E-state index in [0.29, 0.717) is 30.7 Å². The molecule has 0 unspecified atom stereocenters. The van der Waals surface area contributed by atoms with Gasteiger partial charge >= 0.3 is 0 Å². The van der Waals surface area contributed by atoms with E-state index in [4.69, 9.17) is 10.5 Å². The van der Waals surface area contributed by atoms with Crippen LogP contribution in [0.3, 0.4) is 0 Å². The van der Waals surface area contributed by atoms with Crippen LogP contribution in [0.4, 0.5) is 0 Å². The summed E-state index contributed by atoms with van der Waals surface area (Å²) in [7, 11) is 0. The van der Waals surface area contributed by atoms with Crippen LogP contribution in [-0.4, -0.2) is 32.2 Å². The van der Waals surface area contributed by atoms with E-state index in [0.717, 1.165) is 39.0 Å². The molecule has 106 valence electrons. The van der Waals surface area contributed by atoms with Crippen LogP contribution in [0.5, 0.6) is 0 Å². The van der Waals surface area contributed by atoms with Gasteiger partial charge in [-0.1, -0.05) is 13.8 Å². The van der Waals surface area contributed by atoms with Crippen LogP contribution in [-0.2, 0) is 9.53 Å². The second-order valence-corrected chi connectivity index (χ2v) is 5.80. The van der Waals surface area contributed by atoms with E-state index < -0.39 is 0 Å². The van der Waals surface area contributed by atoms with Gasteiger partial charge in [0.25, 0.3) is 0 Å². The molecule has 0 spiro atoms. The summed E-state index contributed by atoms with van der Waals surface area (Å²) in [6.45, 7) is 7.40. The minimum Gasteiger partial charge on any atom is -0.381 e. The van der Waals surface area contributed by atoms with Gasteiger partial charge in [-0.25, -0.2) is 0 Å². The molecule has 0 aromatic carbocycles. The Hall–Kier alpha value is -0.610. The third-order valence-electron chi connectivity index (χ3n) is 3.54. The van der Waals surface area contributed by atoms with E-state index in [1.165, 1.54) is 0 Å². The van der Waals surface area contributed by atoms with Crippen molar-refractivity contribution in [2.45, 2.75) is 39.5 Å². The molecule has 1 saturated heterocycles. The molecule has 3 N–H and O–H groups in total. The third kappa shape index (κ3) is 6.36. The number of nitrogens with one attached hydrogen (secondary N) is 1. The molecule has 0 bridgehead atoms. The fourth-order valence-corrected chi connectivity index (χ4v) is 2.47. The first-order chi connectivity index (χ1) is 8.61. The smallest absolute Gasteiger partial charge is 0.220 e. The summed E-state index contributed by atoms with van der Waals surface area (Å²) >= 11 is 0. The van der Waals surface area contributed by atoms with Crippen molar-refractivity contribution in [1.82, 2.24) is 5.32 Å². The average Bonchev–Trinajstić information content (AvgIpc) is 2.36. The maximum absolute atomic E-state index is 11.8. The van der Waals surface area contributed by atoms with Crippen LogP contribution in [0.1, 0.15) is 39.5 Å². The largest absolute Gasteiger partial charge is 0.381 e. The minimum absolute atomic E-state index is 0.151. The van der Waals surface area contributed by atoms with Crippen LogP contribution in [0, 0.1) is 17.8 Å². The second kappa shape index (κ2) is 8.48. The van der Waals surface area contributed by atoms with Crippen molar-refractivity contribution >= 4 is 5.91 Å². The molecule has 1 aliphatic rings. The number of rotatable bonds is 7. The Morgan fingerprint density at radius 1 is 1.39 bits per heavy atom. The highest BCUT2D eigenvalue weighted by molar-refractivity contribution is 5.76. The highest BCUT2D eigenvalue weighted by Gasteiger charge is 2.17. The fourth-order valence-electron chi connectivity index (χ4n) is 2.47. The van der Waals surface area contributed by atoms with Crippen molar-refractivity contribution in [3.8, 4) is 0 Å². The van der Waals surface area contributed by atoms with E-state index in [-0.39, 0.29) is 5.91 Å². The van der Waals surface area contributed by atoms with Gasteiger partial charge in [-0.15, -0.1) is 0 Å². The zero-order chi connectivity index (χ0) is 13.4. The second-order valence-electron chi connectivity index (χ2n) is 5.80. The molecule has 1 rings (SSSR count). The maximum Gasteiger partial charge on any atom is 0.220 e. The molecule has 1 aliphatic heterocycles. The van der Waals surface area contributed by atoms with Crippen LogP contribution in [0.25, 0.3) is 0 Å². The lowest BCUT2D eigenvalue weighted by Gasteiger charge is -2.23. The Morgan fingerprint density at radius 3 is 2.61 bits per heavy atom. The molecule has 0 aromatic heterocycles. The Balaban J connectivity index is 2.18. The first kappa shape index (κ1) is 15.4. The molecular formula is C14H28N2O2. The van der Waals surface area contributed by atoms with Crippen molar-refractivity contribution in [2.24, 2.45) is 23.5 Å². The molecule has 1 heterocycles. The Bertz CT molecular complexity index is 238. The Kier molecular flexibility index (Phi) is 7.28. The molecule has 4 heteroatoms. The molecule has 1 fully saturated rings. The van der Waals surface area contributed by atoms with Gasteiger partial charge in [0.1, 0.15) is 0 Å². The number of ether oxygens (including phenoxy) is 1. The number of nitrogens with two attached hydrogens (primary N) is 1. The van der Waals surface area contributed by atoms with E-state index in [1.807, 2.05) is 0 Å². The highest BCUT2D eigenvalue weighted by atomic mass is 16.5. The molecule has 18 heavy (non-hydrogen) atoms. The van der Waals surface area contributed by atoms with Gasteiger partial charge < -0.3 is 15.8 Å². The number of hydrogen-bond acceptors (Lipinski definition) is 3. The van der Waals surface area contributed by atoms with E-state index >= 15 is 0 Å². The molecule has 4 nitrogen and oxygen atoms in total. The van der Waals surface area contributed by atoms with E-state index in [1.54, 1.807) is 0 Å². The van der Waals surface area contributed by atoms with Crippen LogP contribution in [0.2, 0.25) is 0 Å². The number of hydrogen-bond donors (Lipinski definition) is 2. The first-order valence-electron chi connectivity index (χ1n) is 7.16. The molecular weight excluding hydrogens is 228 g/mol. The summed E-state index contributed by atoms with van der Waals surface area (Å²) < 4.78 is 5.30. The fraction of sp³-hybridized carbons (Fsp3) is 0.929. The van der Waals surface area contributed by atoms with Crippen molar-refractivity contribution in [2.75, 3.05) is 26.3 Å². The highest BCUT2D eigenvalue weighted by Crippen LogP contribution is 2.15. The topological polar surface area (TPSA) is 64.4 Å². The van der Waals surface area contributed by atoms with E-state index in [2.05, 4.69) is 19.2 Å². The van der Waals surface area contributed by atoms with Crippen molar-refractivity contribution in [1.29, 1.82) is 0 Å². The standard InChI is InChI=1S/C14H28N2O2/c1-11(2)7-13(9-15)8-14(17)16-10-12-3-5-18-6-4-12/h11-13H,3-10,15H2,1-2H3,(H,16,17)/t13-/m0/s1. The Labute approximate surface area is 111 Å². The van der Waals surface area contributed by atoms with Gasteiger partial charge in [0.2, 0.25) is 5.91 Å². The summed E-state index contributed by atoms with van der Waals surface area (Å²) in [4.78, 5) is 11.8. The lowest BCUT2D eigenvalue weighted by Crippen LogP contribution is -2.34. The molecule has 1 amide bonds. The molecule has 0 aromatic rings. The number of carbonyl (C=O) groups is 1. The van der Waals surface area contributed by atoms with Gasteiger partial charge in [0, 0.05) is 26.2 Å². The summed E-state index contributed by atoms with van der Waals surface area (Å²) in [6.07, 6.45) is 3.72. The van der Waals surface area contributed by atoms with Gasteiger partial charge in [0.05, 0.1) is 0 Å². The summed E-state index contributed by atoms with van der Waals surface area (Å²) in [5.74, 6) is 1.66. The van der Waals surface area contributed by atoms with Gasteiger partial charge in [0.15, 0.2) is 0 Å². The summed E-state index contributed by atoms with van der Waals surface area (Å²) in [6, 6.07) is 0. The van der Waals surface area contributed by atoms with Crippen LogP contribution < -0.4 is 11.1 Å². The molecule has 0 radical (unpaired) electrons. The van der Waals surface area contributed by atoms with Gasteiger partial charge in [-0.05, 0) is 43.6 Å². The first-order valence-corrected chi connectivity index (χ1v) is 7.16. The average molecular weight is 256 g/mol. The van der Waals surface area contributed by atoms with Crippen molar-refractivity contribution in [3.05, 3.63) is 0 Å². The quantitative estimate of drug-likeness (QED) is 0.726. The number of carbonyl (C=O) groups excluding carboxylic acids is 1. The van der Waals surface area contributed by atoms with Crippen LogP contribution >= 0.6 is 0 Å². The summed E-state index contributed by atoms with van der Waals surface area (Å²) in [5.41, 5.74) is 5.71. The van der Waals surface area contributed by atoms with Crippen LogP contribution in [0.15, 0.2) is 0 Å². The van der Waals surface area contributed by atoms with Gasteiger partial charge in [-0.2, -0.15) is 0 Å².